The molecule has 2 aromatic carbocycles. The molecule has 1 fully saturated rings. The second-order valence-corrected chi connectivity index (χ2v) is 9.70. The maximum absolute atomic E-state index is 13.7. The summed E-state index contributed by atoms with van der Waals surface area (Å²) in [4.78, 5) is 42.0. The zero-order chi connectivity index (χ0) is 22.6. The number of carbonyl (C=O) groups is 3. The van der Waals surface area contributed by atoms with E-state index >= 15 is 0 Å². The van der Waals surface area contributed by atoms with Crippen molar-refractivity contribution in [1.29, 1.82) is 0 Å². The molecule has 0 radical (unpaired) electrons. The minimum Gasteiger partial charge on any atom is -0.530 e. The van der Waals surface area contributed by atoms with Crippen molar-refractivity contribution >= 4 is 29.5 Å². The maximum atomic E-state index is 13.7. The lowest BCUT2D eigenvalue weighted by Gasteiger charge is -2.44. The van der Waals surface area contributed by atoms with Crippen LogP contribution in [0.1, 0.15) is 32.8 Å². The van der Waals surface area contributed by atoms with Gasteiger partial charge in [-0.3, -0.25) is 9.59 Å². The fourth-order valence-electron chi connectivity index (χ4n) is 3.81. The number of thioether (sulfide) groups is 1. The van der Waals surface area contributed by atoms with Crippen LogP contribution in [0.4, 0.5) is 4.79 Å². The Morgan fingerprint density at radius 1 is 1.10 bits per heavy atom. The smallest absolute Gasteiger partial charge is 0.246 e. The number of carbonyl (C=O) groups excluding carboxylic acids is 3. The van der Waals surface area contributed by atoms with Crippen LogP contribution < -0.4 is 5.11 Å². The van der Waals surface area contributed by atoms with Crippen LogP contribution in [0.2, 0.25) is 0 Å². The minimum absolute atomic E-state index is 0.0311. The van der Waals surface area contributed by atoms with E-state index in [1.807, 2.05) is 60.7 Å². The van der Waals surface area contributed by atoms with Crippen molar-refractivity contribution in [3.05, 3.63) is 66.2 Å². The van der Waals surface area contributed by atoms with E-state index in [0.717, 1.165) is 15.4 Å². The topological polar surface area (TPSA) is 80.8 Å². The van der Waals surface area contributed by atoms with Gasteiger partial charge in [-0.25, -0.2) is 0 Å². The van der Waals surface area contributed by atoms with Gasteiger partial charge in [0.25, 0.3) is 0 Å². The van der Waals surface area contributed by atoms with Gasteiger partial charge in [0, 0.05) is 29.8 Å². The lowest BCUT2D eigenvalue weighted by Crippen LogP contribution is -2.62. The summed E-state index contributed by atoms with van der Waals surface area (Å²) in [7, 11) is 0. The van der Waals surface area contributed by atoms with Gasteiger partial charge >= 0.3 is 0 Å². The second kappa shape index (κ2) is 9.56. The summed E-state index contributed by atoms with van der Waals surface area (Å²) in [5.74, 6) is -0.404. The van der Waals surface area contributed by atoms with Crippen LogP contribution in [0.25, 0.3) is 0 Å². The zero-order valence-corrected chi connectivity index (χ0v) is 18.8. The lowest BCUT2D eigenvalue weighted by atomic mass is 9.97. The van der Waals surface area contributed by atoms with Gasteiger partial charge in [-0.15, -0.1) is 0 Å². The lowest BCUT2D eigenvalue weighted by molar-refractivity contribution is -0.273. The van der Waals surface area contributed by atoms with Gasteiger partial charge in [-0.1, -0.05) is 60.3 Å². The van der Waals surface area contributed by atoms with Crippen molar-refractivity contribution in [1.82, 2.24) is 9.80 Å². The van der Waals surface area contributed by atoms with Crippen molar-refractivity contribution in [2.24, 2.45) is 0 Å². The predicted octanol–water partition coefficient (Wildman–Crippen LogP) is 2.96. The Morgan fingerprint density at radius 3 is 2.23 bits per heavy atom. The molecule has 1 aliphatic heterocycles. The van der Waals surface area contributed by atoms with Crippen molar-refractivity contribution in [3.8, 4) is 0 Å². The molecule has 0 aromatic heterocycles. The number of hydrogen-bond acceptors (Lipinski definition) is 5. The van der Waals surface area contributed by atoms with Crippen LogP contribution in [0, 0.1) is 0 Å². The van der Waals surface area contributed by atoms with Gasteiger partial charge in [0.15, 0.2) is 5.78 Å². The summed E-state index contributed by atoms with van der Waals surface area (Å²) in [6, 6.07) is 17.7. The molecule has 2 atom stereocenters. The third-order valence-electron chi connectivity index (χ3n) is 5.22. The third kappa shape index (κ3) is 5.47. The average molecular weight is 440 g/mol. The molecule has 2 amide bonds. The van der Waals surface area contributed by atoms with E-state index in [2.05, 4.69) is 0 Å². The predicted molar refractivity (Wildman–Crippen MR) is 118 cm³/mol. The van der Waals surface area contributed by atoms with Crippen molar-refractivity contribution < 1.29 is 19.5 Å². The highest BCUT2D eigenvalue weighted by molar-refractivity contribution is 8.00. The van der Waals surface area contributed by atoms with Crippen LogP contribution in [0.3, 0.4) is 0 Å². The fraction of sp³-hybridized carbons (Fsp3) is 0.375. The number of carboxylic acid groups (broad SMARTS) is 1. The van der Waals surface area contributed by atoms with Crippen molar-refractivity contribution in [2.45, 2.75) is 55.5 Å². The Bertz CT molecular complexity index is 928. The first kappa shape index (κ1) is 22.9. The molecule has 7 heteroatoms. The van der Waals surface area contributed by atoms with E-state index in [1.54, 1.807) is 20.8 Å². The van der Waals surface area contributed by atoms with E-state index in [9.17, 15) is 19.5 Å². The third-order valence-corrected chi connectivity index (χ3v) is 6.50. The SMILES string of the molecule is CC(C)(C)N(C(=O)[O-])[C@@H](Cc1ccccc1)C(=O)N1CCC(=O)C1Sc1ccccc1. The van der Waals surface area contributed by atoms with Gasteiger partial charge in [-0.05, 0) is 38.5 Å². The van der Waals surface area contributed by atoms with E-state index < -0.39 is 23.0 Å². The molecule has 0 bridgehead atoms. The van der Waals surface area contributed by atoms with Crippen LogP contribution in [-0.2, 0) is 16.0 Å². The Labute approximate surface area is 187 Å². The standard InChI is InChI=1S/C24H28N2O4S/c1-24(2,3)26(23(29)30)19(16-17-10-6-4-7-11-17)21(28)25-15-14-20(27)22(25)31-18-12-8-5-9-13-18/h4-13,19,22H,14-16H2,1-3H3,(H,29,30)/p-1/t19-,22?/m0/s1. The molecule has 0 N–H and O–H groups in total. The van der Waals surface area contributed by atoms with Gasteiger partial charge in [-0.2, -0.15) is 0 Å². The van der Waals surface area contributed by atoms with Crippen LogP contribution >= 0.6 is 11.8 Å². The molecule has 164 valence electrons. The second-order valence-electron chi connectivity index (χ2n) is 8.54. The quantitative estimate of drug-likeness (QED) is 0.691. The summed E-state index contributed by atoms with van der Waals surface area (Å²) in [6.07, 6.45) is -0.937. The first-order valence-corrected chi connectivity index (χ1v) is 11.2. The summed E-state index contributed by atoms with van der Waals surface area (Å²) < 4.78 is 0. The highest BCUT2D eigenvalue weighted by Gasteiger charge is 2.43. The Balaban J connectivity index is 1.94. The molecule has 3 rings (SSSR count). The molecule has 0 saturated carbocycles. The molecule has 1 unspecified atom stereocenters. The Morgan fingerprint density at radius 2 is 1.68 bits per heavy atom. The van der Waals surface area contributed by atoms with E-state index in [4.69, 9.17) is 0 Å². The van der Waals surface area contributed by atoms with E-state index in [0.29, 0.717) is 0 Å². The zero-order valence-electron chi connectivity index (χ0n) is 18.0. The molecule has 1 aliphatic rings. The molecule has 1 heterocycles. The van der Waals surface area contributed by atoms with Crippen LogP contribution in [0.15, 0.2) is 65.6 Å². The number of hydrogen-bond donors (Lipinski definition) is 0. The average Bonchev–Trinajstić information content (AvgIpc) is 3.07. The van der Waals surface area contributed by atoms with Crippen molar-refractivity contribution in [3.63, 3.8) is 0 Å². The van der Waals surface area contributed by atoms with E-state index in [-0.39, 0.29) is 31.1 Å². The Hall–Kier alpha value is -2.80. The maximum Gasteiger partial charge on any atom is 0.246 e. The molecular formula is C24H27N2O4S-. The van der Waals surface area contributed by atoms with Gasteiger partial charge in [0.1, 0.15) is 17.5 Å². The first-order valence-electron chi connectivity index (χ1n) is 10.3. The summed E-state index contributed by atoms with van der Waals surface area (Å²) in [5.41, 5.74) is -0.00568. The largest absolute Gasteiger partial charge is 0.530 e. The molecule has 6 nitrogen and oxygen atoms in total. The summed E-state index contributed by atoms with van der Waals surface area (Å²) in [6.45, 7) is 5.48. The molecule has 1 saturated heterocycles. The van der Waals surface area contributed by atoms with Crippen LogP contribution in [0.5, 0.6) is 0 Å². The molecular weight excluding hydrogens is 412 g/mol. The highest BCUT2D eigenvalue weighted by atomic mass is 32.2. The number of nitrogens with zero attached hydrogens (tertiary/aromatic N) is 2. The number of Topliss-reactive ketones (excluding diaryl/α,β-unsaturated/α-hetero) is 1. The number of ketones is 1. The molecule has 2 aromatic rings. The van der Waals surface area contributed by atoms with Gasteiger partial charge in [0.2, 0.25) is 5.91 Å². The highest BCUT2D eigenvalue weighted by Crippen LogP contribution is 2.33. The Kier molecular flexibility index (Phi) is 7.05. The van der Waals surface area contributed by atoms with E-state index in [1.165, 1.54) is 16.7 Å². The first-order chi connectivity index (χ1) is 14.7. The van der Waals surface area contributed by atoms with Crippen LogP contribution in [-0.4, -0.2) is 51.1 Å². The van der Waals surface area contributed by atoms with Crippen molar-refractivity contribution in [2.75, 3.05) is 6.54 Å². The number of amides is 2. The molecule has 0 aliphatic carbocycles. The summed E-state index contributed by atoms with van der Waals surface area (Å²) >= 11 is 1.32. The minimum atomic E-state index is -1.40. The number of benzene rings is 2. The molecule has 31 heavy (non-hydrogen) atoms. The van der Waals surface area contributed by atoms with Gasteiger partial charge < -0.3 is 19.7 Å². The van der Waals surface area contributed by atoms with Gasteiger partial charge in [0.05, 0.1) is 0 Å². The fourth-order valence-corrected chi connectivity index (χ4v) is 4.97. The monoisotopic (exact) mass is 439 g/mol. The number of likely N-dealkylation sites (tertiary alicyclic amines) is 1. The molecule has 0 spiro atoms. The summed E-state index contributed by atoms with van der Waals surface area (Å²) in [5, 5.41) is 11.4. The number of rotatable bonds is 6. The normalized spacial score (nSPS) is 17.5.